The van der Waals surface area contributed by atoms with Crippen LogP contribution in [0.25, 0.3) is 0 Å². The Morgan fingerprint density at radius 2 is 1.61 bits per heavy atom. The molecule has 0 radical (unpaired) electrons. The molecule has 1 spiro atoms. The summed E-state index contributed by atoms with van der Waals surface area (Å²) in [4.78, 5) is 56.5. The summed E-state index contributed by atoms with van der Waals surface area (Å²) in [5, 5.41) is 9.84. The molecule has 46 heavy (non-hydrogen) atoms. The fraction of sp³-hybridized carbons (Fsp3) is 0.441. The van der Waals surface area contributed by atoms with E-state index in [9.17, 15) is 23.6 Å². The molecular formula is C34H39FN6O5. The van der Waals surface area contributed by atoms with Gasteiger partial charge < -0.3 is 25.2 Å². The van der Waals surface area contributed by atoms with Crippen molar-refractivity contribution >= 4 is 23.6 Å². The van der Waals surface area contributed by atoms with Crippen molar-refractivity contribution in [3.8, 4) is 0 Å². The zero-order valence-electron chi connectivity index (χ0n) is 26.0. The number of likely N-dealkylation sites (tertiary alicyclic amines) is 2. The SMILES string of the molecule is CNC(=O)[C@@H](NC(=O)[C@@H]1CN(C(=O)c2cnn(Cc3ccccc3)c2)CC12CN(C(=O)C1(F)CC1)C2)[C@@H](C)OCc1ccccc1. The van der Waals surface area contributed by atoms with E-state index in [1.54, 1.807) is 22.7 Å². The largest absolute Gasteiger partial charge is 0.371 e. The molecule has 2 aliphatic heterocycles. The number of rotatable bonds is 11. The van der Waals surface area contributed by atoms with Crippen molar-refractivity contribution in [2.45, 2.75) is 50.7 Å². The van der Waals surface area contributed by atoms with E-state index in [4.69, 9.17) is 4.74 Å². The van der Waals surface area contributed by atoms with E-state index in [2.05, 4.69) is 15.7 Å². The van der Waals surface area contributed by atoms with Gasteiger partial charge in [-0.25, -0.2) is 4.39 Å². The van der Waals surface area contributed by atoms with Crippen LogP contribution in [0.2, 0.25) is 0 Å². The fourth-order valence-corrected chi connectivity index (χ4v) is 6.49. The Hall–Kier alpha value is -4.58. The van der Waals surface area contributed by atoms with Crippen LogP contribution >= 0.6 is 0 Å². The number of benzene rings is 2. The predicted molar refractivity (Wildman–Crippen MR) is 166 cm³/mol. The van der Waals surface area contributed by atoms with E-state index in [0.29, 0.717) is 12.1 Å². The number of halogens is 1. The summed E-state index contributed by atoms with van der Waals surface area (Å²) < 4.78 is 22.3. The maximum absolute atomic E-state index is 14.7. The van der Waals surface area contributed by atoms with E-state index < -0.39 is 46.9 Å². The third-order valence-electron chi connectivity index (χ3n) is 9.34. The summed E-state index contributed by atoms with van der Waals surface area (Å²) in [5.41, 5.74) is -0.257. The highest BCUT2D eigenvalue weighted by Gasteiger charge is 2.63. The van der Waals surface area contributed by atoms with Gasteiger partial charge in [-0.1, -0.05) is 60.7 Å². The molecule has 4 amide bonds. The summed E-state index contributed by atoms with van der Waals surface area (Å²) in [6.07, 6.45) is 2.92. The summed E-state index contributed by atoms with van der Waals surface area (Å²) in [7, 11) is 1.49. The molecule has 1 aliphatic carbocycles. The molecule has 0 unspecified atom stereocenters. The Bertz CT molecular complexity index is 1590. The summed E-state index contributed by atoms with van der Waals surface area (Å²) >= 11 is 0. The summed E-state index contributed by atoms with van der Waals surface area (Å²) in [6.45, 7) is 3.06. The van der Waals surface area contributed by atoms with Crippen molar-refractivity contribution in [1.29, 1.82) is 0 Å². The predicted octanol–water partition coefficient (Wildman–Crippen LogP) is 2.17. The van der Waals surface area contributed by atoms with Gasteiger partial charge in [0.25, 0.3) is 11.8 Å². The topological polar surface area (TPSA) is 126 Å². The number of hydrogen-bond acceptors (Lipinski definition) is 6. The van der Waals surface area contributed by atoms with Gasteiger partial charge in [0.1, 0.15) is 6.04 Å². The van der Waals surface area contributed by atoms with Crippen LogP contribution in [0.1, 0.15) is 41.3 Å². The molecule has 3 heterocycles. The standard InChI is InChI=1S/C34H39FN6O5/c1-23(46-19-25-11-7-4-8-12-25)28(30(43)36-2)38-29(42)27-18-39(20-33(27)21-40(22-33)32(45)34(35)13-14-34)31(44)26-15-37-41(17-26)16-24-9-5-3-6-10-24/h3-12,15,17,23,27-28H,13-14,16,18-22H2,1-2H3,(H,36,43)(H,38,42)/t23-,27+,28+/m1/s1. The minimum absolute atomic E-state index is 0.0804. The number of alkyl halides is 1. The number of carbonyl (C=O) groups excluding carboxylic acids is 4. The van der Waals surface area contributed by atoms with E-state index in [0.717, 1.165) is 11.1 Å². The highest BCUT2D eigenvalue weighted by molar-refractivity contribution is 5.96. The van der Waals surface area contributed by atoms with Crippen molar-refractivity contribution in [1.82, 2.24) is 30.2 Å². The Morgan fingerprint density at radius 1 is 0.978 bits per heavy atom. The number of nitrogens with one attached hydrogen (secondary N) is 2. The zero-order chi connectivity index (χ0) is 32.5. The molecule has 6 rings (SSSR count). The maximum Gasteiger partial charge on any atom is 0.260 e. The molecule has 3 fully saturated rings. The first-order chi connectivity index (χ1) is 22.1. The van der Waals surface area contributed by atoms with Crippen LogP contribution in [-0.4, -0.2) is 94.3 Å². The molecule has 3 aromatic rings. The lowest BCUT2D eigenvalue weighted by Gasteiger charge is -2.50. The second-order valence-electron chi connectivity index (χ2n) is 12.7. The number of carbonyl (C=O) groups is 4. The number of aromatic nitrogens is 2. The van der Waals surface area contributed by atoms with Crippen LogP contribution in [0.4, 0.5) is 4.39 Å². The lowest BCUT2D eigenvalue weighted by atomic mass is 9.70. The molecule has 2 N–H and O–H groups in total. The molecule has 12 heteroatoms. The van der Waals surface area contributed by atoms with Gasteiger partial charge in [0.2, 0.25) is 11.8 Å². The van der Waals surface area contributed by atoms with E-state index >= 15 is 0 Å². The monoisotopic (exact) mass is 630 g/mol. The highest BCUT2D eigenvalue weighted by Crippen LogP contribution is 2.49. The lowest BCUT2D eigenvalue weighted by Crippen LogP contribution is -2.66. The number of amides is 4. The van der Waals surface area contributed by atoms with Crippen molar-refractivity contribution in [3.63, 3.8) is 0 Å². The quantitative estimate of drug-likeness (QED) is 0.335. The third-order valence-corrected chi connectivity index (χ3v) is 9.34. The van der Waals surface area contributed by atoms with Crippen LogP contribution in [0.5, 0.6) is 0 Å². The summed E-state index contributed by atoms with van der Waals surface area (Å²) in [5.74, 6) is -2.42. The van der Waals surface area contributed by atoms with Crippen LogP contribution in [0.15, 0.2) is 73.1 Å². The minimum Gasteiger partial charge on any atom is -0.371 e. The lowest BCUT2D eigenvalue weighted by molar-refractivity contribution is -0.156. The molecule has 2 saturated heterocycles. The number of likely N-dealkylation sites (N-methyl/N-ethyl adjacent to an activating group) is 1. The number of ether oxygens (including phenoxy) is 1. The van der Waals surface area contributed by atoms with Gasteiger partial charge in [0.05, 0.1) is 36.9 Å². The summed E-state index contributed by atoms with van der Waals surface area (Å²) in [6, 6.07) is 18.3. The van der Waals surface area contributed by atoms with Crippen LogP contribution in [-0.2, 0) is 32.3 Å². The molecule has 1 saturated carbocycles. The molecule has 2 aromatic carbocycles. The Kier molecular flexibility index (Phi) is 8.65. The van der Waals surface area contributed by atoms with Crippen molar-refractivity contribution in [3.05, 3.63) is 89.7 Å². The van der Waals surface area contributed by atoms with E-state index in [-0.39, 0.29) is 51.5 Å². The van der Waals surface area contributed by atoms with Crippen LogP contribution in [0.3, 0.4) is 0 Å². The van der Waals surface area contributed by atoms with Crippen LogP contribution in [0, 0.1) is 11.3 Å². The maximum atomic E-state index is 14.7. The average molecular weight is 631 g/mol. The smallest absolute Gasteiger partial charge is 0.260 e. The van der Waals surface area contributed by atoms with Crippen molar-refractivity contribution in [2.24, 2.45) is 11.3 Å². The first-order valence-corrected chi connectivity index (χ1v) is 15.6. The zero-order valence-corrected chi connectivity index (χ0v) is 26.0. The second-order valence-corrected chi connectivity index (χ2v) is 12.7. The van der Waals surface area contributed by atoms with Crippen molar-refractivity contribution < 1.29 is 28.3 Å². The average Bonchev–Trinajstić information content (AvgIpc) is 3.44. The number of nitrogens with zero attached hydrogens (tertiary/aromatic N) is 4. The van der Waals surface area contributed by atoms with Gasteiger partial charge in [-0.3, -0.25) is 23.9 Å². The van der Waals surface area contributed by atoms with Gasteiger partial charge in [-0.05, 0) is 30.9 Å². The minimum atomic E-state index is -1.82. The molecule has 1 aromatic heterocycles. The van der Waals surface area contributed by atoms with E-state index in [1.807, 2.05) is 60.7 Å². The van der Waals surface area contributed by atoms with Gasteiger partial charge in [0.15, 0.2) is 5.67 Å². The molecule has 3 atom stereocenters. The van der Waals surface area contributed by atoms with Gasteiger partial charge >= 0.3 is 0 Å². The molecule has 0 bridgehead atoms. The Morgan fingerprint density at radius 3 is 2.24 bits per heavy atom. The fourth-order valence-electron chi connectivity index (χ4n) is 6.49. The highest BCUT2D eigenvalue weighted by atomic mass is 19.1. The third kappa shape index (κ3) is 6.39. The van der Waals surface area contributed by atoms with E-state index in [1.165, 1.54) is 18.1 Å². The molecular weight excluding hydrogens is 591 g/mol. The second kappa shape index (κ2) is 12.7. The molecule has 11 nitrogen and oxygen atoms in total. The molecule has 242 valence electrons. The van der Waals surface area contributed by atoms with Crippen molar-refractivity contribution in [2.75, 3.05) is 33.2 Å². The molecule has 3 aliphatic rings. The normalized spacial score (nSPS) is 20.5. The first kappa shape index (κ1) is 31.4. The van der Waals surface area contributed by atoms with Gasteiger partial charge in [-0.2, -0.15) is 5.10 Å². The van der Waals surface area contributed by atoms with Crippen LogP contribution < -0.4 is 10.6 Å². The van der Waals surface area contributed by atoms with Gasteiger partial charge in [0, 0.05) is 44.8 Å². The van der Waals surface area contributed by atoms with Gasteiger partial charge in [-0.15, -0.1) is 0 Å². The Balaban J connectivity index is 1.18. The number of hydrogen-bond donors (Lipinski definition) is 2. The first-order valence-electron chi connectivity index (χ1n) is 15.6. The Labute approximate surface area is 267 Å².